The Balaban J connectivity index is 1.86. The molecule has 0 radical (unpaired) electrons. The molecule has 1 N–H and O–H groups in total. The van der Waals surface area contributed by atoms with E-state index >= 15 is 0 Å². The van der Waals surface area contributed by atoms with Crippen LogP contribution in [0.25, 0.3) is 0 Å². The summed E-state index contributed by atoms with van der Waals surface area (Å²) in [5.41, 5.74) is 1.23. The van der Waals surface area contributed by atoms with Crippen LogP contribution in [0.2, 0.25) is 5.02 Å². The second kappa shape index (κ2) is 6.13. The molecule has 2 aromatic carbocycles. The number of hydrogen-bond acceptors (Lipinski definition) is 3. The Bertz CT molecular complexity index is 841. The van der Waals surface area contributed by atoms with Gasteiger partial charge in [-0.2, -0.15) is 0 Å². The van der Waals surface area contributed by atoms with Crippen LogP contribution in [-0.4, -0.2) is 25.0 Å². The van der Waals surface area contributed by atoms with E-state index in [2.05, 4.69) is 5.32 Å². The lowest BCUT2D eigenvalue weighted by Crippen LogP contribution is -2.42. The number of carbonyl (C=O) groups is 2. The van der Waals surface area contributed by atoms with Gasteiger partial charge in [0.2, 0.25) is 0 Å². The highest BCUT2D eigenvalue weighted by Crippen LogP contribution is 2.34. The molecule has 1 aliphatic heterocycles. The maximum atomic E-state index is 13.2. The summed E-state index contributed by atoms with van der Waals surface area (Å²) in [5, 5.41) is 2.56. The van der Waals surface area contributed by atoms with Crippen molar-refractivity contribution in [1.29, 1.82) is 0 Å². The van der Waals surface area contributed by atoms with Crippen LogP contribution >= 0.6 is 11.6 Å². The van der Waals surface area contributed by atoms with E-state index in [9.17, 15) is 14.0 Å². The Morgan fingerprint density at radius 2 is 2.04 bits per heavy atom. The first-order valence-electron chi connectivity index (χ1n) is 7.21. The Morgan fingerprint density at radius 1 is 1.29 bits per heavy atom. The van der Waals surface area contributed by atoms with E-state index in [1.54, 1.807) is 32.2 Å². The predicted molar refractivity (Wildman–Crippen MR) is 89.3 cm³/mol. The first kappa shape index (κ1) is 16.3. The summed E-state index contributed by atoms with van der Waals surface area (Å²) in [6, 6.07) is 8.72. The van der Waals surface area contributed by atoms with Crippen LogP contribution in [0, 0.1) is 5.82 Å². The SMILES string of the molecule is CC1Oc2ccc(C(=O)Nc3ccc(F)c(Cl)c3)cc2N(C)C1=O. The van der Waals surface area contributed by atoms with Gasteiger partial charge >= 0.3 is 0 Å². The zero-order chi connectivity index (χ0) is 17.4. The number of ether oxygens (including phenoxy) is 1. The third-order valence-electron chi connectivity index (χ3n) is 3.74. The molecular formula is C17H14ClFN2O3. The number of carbonyl (C=O) groups excluding carboxylic acids is 2. The van der Waals surface area contributed by atoms with Gasteiger partial charge in [-0.05, 0) is 43.3 Å². The molecule has 3 rings (SSSR count). The molecular weight excluding hydrogens is 335 g/mol. The van der Waals surface area contributed by atoms with Crippen molar-refractivity contribution in [3.05, 3.63) is 52.8 Å². The van der Waals surface area contributed by atoms with Crippen molar-refractivity contribution in [2.75, 3.05) is 17.3 Å². The van der Waals surface area contributed by atoms with E-state index in [1.165, 1.54) is 23.1 Å². The average molecular weight is 349 g/mol. The van der Waals surface area contributed by atoms with Gasteiger partial charge in [0, 0.05) is 18.3 Å². The lowest BCUT2D eigenvalue weighted by molar-refractivity contribution is -0.125. The van der Waals surface area contributed by atoms with Crippen LogP contribution in [0.3, 0.4) is 0 Å². The van der Waals surface area contributed by atoms with Crippen LogP contribution in [-0.2, 0) is 4.79 Å². The van der Waals surface area contributed by atoms with Gasteiger partial charge < -0.3 is 15.0 Å². The fourth-order valence-corrected chi connectivity index (χ4v) is 2.61. The van der Waals surface area contributed by atoms with Crippen molar-refractivity contribution in [2.24, 2.45) is 0 Å². The van der Waals surface area contributed by atoms with E-state index in [-0.39, 0.29) is 10.9 Å². The highest BCUT2D eigenvalue weighted by Gasteiger charge is 2.29. The van der Waals surface area contributed by atoms with Gasteiger partial charge in [-0.3, -0.25) is 9.59 Å². The van der Waals surface area contributed by atoms with Crippen LogP contribution in [0.15, 0.2) is 36.4 Å². The molecule has 2 aromatic rings. The molecule has 1 atom stereocenters. The summed E-state index contributed by atoms with van der Waals surface area (Å²) in [6.45, 7) is 1.67. The Kier molecular flexibility index (Phi) is 4.15. The summed E-state index contributed by atoms with van der Waals surface area (Å²) in [4.78, 5) is 25.8. The molecule has 2 amide bonds. The topological polar surface area (TPSA) is 58.6 Å². The van der Waals surface area contributed by atoms with Crippen molar-refractivity contribution >= 4 is 34.8 Å². The Hall–Kier alpha value is -2.60. The second-order valence-corrected chi connectivity index (χ2v) is 5.83. The second-order valence-electron chi connectivity index (χ2n) is 5.42. The van der Waals surface area contributed by atoms with E-state index < -0.39 is 17.8 Å². The smallest absolute Gasteiger partial charge is 0.267 e. The quantitative estimate of drug-likeness (QED) is 0.904. The van der Waals surface area contributed by atoms with Crippen molar-refractivity contribution in [1.82, 2.24) is 0 Å². The summed E-state index contributed by atoms with van der Waals surface area (Å²) in [6.07, 6.45) is -0.566. The molecule has 1 heterocycles. The highest BCUT2D eigenvalue weighted by molar-refractivity contribution is 6.31. The number of halogens is 2. The average Bonchev–Trinajstić information content (AvgIpc) is 2.56. The molecule has 24 heavy (non-hydrogen) atoms. The van der Waals surface area contributed by atoms with Gasteiger partial charge in [0.05, 0.1) is 10.7 Å². The summed E-state index contributed by atoms with van der Waals surface area (Å²) < 4.78 is 18.7. The van der Waals surface area contributed by atoms with Crippen molar-refractivity contribution in [2.45, 2.75) is 13.0 Å². The van der Waals surface area contributed by atoms with Crippen molar-refractivity contribution in [3.63, 3.8) is 0 Å². The van der Waals surface area contributed by atoms with Crippen LogP contribution in [0.1, 0.15) is 17.3 Å². The molecule has 0 aliphatic carbocycles. The fourth-order valence-electron chi connectivity index (χ4n) is 2.43. The molecule has 124 valence electrons. The molecule has 0 aromatic heterocycles. The van der Waals surface area contributed by atoms with Gasteiger partial charge in [0.25, 0.3) is 11.8 Å². The predicted octanol–water partition coefficient (Wildman–Crippen LogP) is 3.48. The van der Waals surface area contributed by atoms with Crippen molar-refractivity contribution < 1.29 is 18.7 Å². The molecule has 0 saturated carbocycles. The minimum absolute atomic E-state index is 0.0778. The number of benzene rings is 2. The number of hydrogen-bond donors (Lipinski definition) is 1. The molecule has 0 saturated heterocycles. The number of fused-ring (bicyclic) bond motifs is 1. The largest absolute Gasteiger partial charge is 0.479 e. The maximum absolute atomic E-state index is 13.2. The summed E-state index contributed by atoms with van der Waals surface area (Å²) >= 11 is 5.70. The van der Waals surface area contributed by atoms with E-state index in [0.717, 1.165) is 0 Å². The van der Waals surface area contributed by atoms with E-state index in [4.69, 9.17) is 16.3 Å². The Morgan fingerprint density at radius 3 is 2.75 bits per heavy atom. The minimum atomic E-state index is -0.566. The zero-order valence-electron chi connectivity index (χ0n) is 13.0. The molecule has 0 bridgehead atoms. The molecule has 0 fully saturated rings. The molecule has 1 unspecified atom stereocenters. The standard InChI is InChI=1S/C17H14ClFN2O3/c1-9-17(23)21(2)14-7-10(3-6-15(14)24-9)16(22)20-11-4-5-13(19)12(18)8-11/h3-9H,1-2H3,(H,20,22). The monoisotopic (exact) mass is 348 g/mol. The maximum Gasteiger partial charge on any atom is 0.267 e. The van der Waals surface area contributed by atoms with Gasteiger partial charge in [-0.25, -0.2) is 4.39 Å². The highest BCUT2D eigenvalue weighted by atomic mass is 35.5. The lowest BCUT2D eigenvalue weighted by atomic mass is 10.1. The third-order valence-corrected chi connectivity index (χ3v) is 4.03. The first-order chi connectivity index (χ1) is 11.4. The van der Waals surface area contributed by atoms with Crippen LogP contribution in [0.5, 0.6) is 5.75 Å². The third kappa shape index (κ3) is 2.92. The summed E-state index contributed by atoms with van der Waals surface area (Å²) in [7, 11) is 1.63. The molecule has 1 aliphatic rings. The minimum Gasteiger partial charge on any atom is -0.479 e. The van der Waals surface area contributed by atoms with E-state index in [0.29, 0.717) is 22.7 Å². The van der Waals surface area contributed by atoms with Crippen LogP contribution < -0.4 is 15.0 Å². The number of amides is 2. The van der Waals surface area contributed by atoms with Gasteiger partial charge in [-0.1, -0.05) is 11.6 Å². The molecule has 0 spiro atoms. The number of likely N-dealkylation sites (N-methyl/N-ethyl adjacent to an activating group) is 1. The number of nitrogens with zero attached hydrogens (tertiary/aromatic N) is 1. The van der Waals surface area contributed by atoms with Gasteiger partial charge in [-0.15, -0.1) is 0 Å². The zero-order valence-corrected chi connectivity index (χ0v) is 13.7. The summed E-state index contributed by atoms with van der Waals surface area (Å²) in [5.74, 6) is -0.619. The molecule has 5 nitrogen and oxygen atoms in total. The van der Waals surface area contributed by atoms with Gasteiger partial charge in [0.15, 0.2) is 6.10 Å². The van der Waals surface area contributed by atoms with Crippen LogP contribution in [0.4, 0.5) is 15.8 Å². The fraction of sp³-hybridized carbons (Fsp3) is 0.176. The van der Waals surface area contributed by atoms with Gasteiger partial charge in [0.1, 0.15) is 11.6 Å². The Labute approximate surface area is 143 Å². The number of anilines is 2. The normalized spacial score (nSPS) is 16.4. The number of nitrogens with one attached hydrogen (secondary N) is 1. The van der Waals surface area contributed by atoms with Crippen molar-refractivity contribution in [3.8, 4) is 5.75 Å². The number of rotatable bonds is 2. The first-order valence-corrected chi connectivity index (χ1v) is 7.59. The van der Waals surface area contributed by atoms with E-state index in [1.807, 2.05) is 0 Å². The molecule has 7 heteroatoms. The lowest BCUT2D eigenvalue weighted by Gasteiger charge is -2.30.